The van der Waals surface area contributed by atoms with E-state index in [1.807, 2.05) is 0 Å². The highest BCUT2D eigenvalue weighted by molar-refractivity contribution is 7.91. The van der Waals surface area contributed by atoms with Crippen LogP contribution >= 0.6 is 11.6 Å². The normalized spacial score (nSPS) is 12.3. The average Bonchev–Trinajstić information content (AvgIpc) is 3.27. The zero-order valence-corrected chi connectivity index (χ0v) is 13.8. The van der Waals surface area contributed by atoms with E-state index in [9.17, 15) is 18.3 Å². The van der Waals surface area contributed by atoms with E-state index in [1.54, 1.807) is 0 Å². The van der Waals surface area contributed by atoms with Crippen LogP contribution in [-0.2, 0) is 9.84 Å². The van der Waals surface area contributed by atoms with Gasteiger partial charge in [-0.2, -0.15) is 10.3 Å². The van der Waals surface area contributed by atoms with E-state index in [1.165, 1.54) is 24.3 Å². The van der Waals surface area contributed by atoms with Crippen LogP contribution in [0.5, 0.6) is 0 Å². The van der Waals surface area contributed by atoms with Crippen molar-refractivity contribution in [2.24, 2.45) is 0 Å². The van der Waals surface area contributed by atoms with Crippen molar-refractivity contribution in [3.63, 3.8) is 0 Å². The lowest BCUT2D eigenvalue weighted by molar-refractivity contribution is 0.103. The molecule has 12 heteroatoms. The summed E-state index contributed by atoms with van der Waals surface area (Å²) in [6.45, 7) is 0. The number of halogens is 1. The van der Waals surface area contributed by atoms with Gasteiger partial charge in [0.05, 0.1) is 4.90 Å². The third-order valence-electron chi connectivity index (χ3n) is 3.06. The number of H-pyrrole nitrogens is 2. The summed E-state index contributed by atoms with van der Waals surface area (Å²) in [5.41, 5.74) is -0.135. The molecule has 3 N–H and O–H groups in total. The van der Waals surface area contributed by atoms with Gasteiger partial charge < -0.3 is 5.11 Å². The molecule has 0 bridgehead atoms. The molecule has 0 spiro atoms. The monoisotopic (exact) mass is 380 g/mol. The van der Waals surface area contributed by atoms with Gasteiger partial charge in [0.15, 0.2) is 5.03 Å². The minimum Gasteiger partial charge on any atom is -0.505 e. The number of aliphatic hydroxyl groups is 1. The Hall–Kier alpha value is -3.05. The molecular weight excluding hydrogens is 372 g/mol. The SMILES string of the molecule is O=C(C=C(O)c1cc(S(=O)(=O)c2ccc(Cl)cc2)[nH]n1)c1nn[nH]n1. The fraction of sp³-hybridized carbons (Fsp3) is 0. The summed E-state index contributed by atoms with van der Waals surface area (Å²) >= 11 is 5.74. The molecule has 0 atom stereocenters. The number of rotatable bonds is 5. The minimum absolute atomic E-state index is 0.00144. The number of sulfone groups is 1. The summed E-state index contributed by atoms with van der Waals surface area (Å²) in [7, 11) is -3.88. The number of tetrazole rings is 1. The molecule has 25 heavy (non-hydrogen) atoms. The summed E-state index contributed by atoms with van der Waals surface area (Å²) in [6.07, 6.45) is 0.805. The topological polar surface area (TPSA) is 155 Å². The quantitative estimate of drug-likeness (QED) is 0.338. The highest BCUT2D eigenvalue weighted by Gasteiger charge is 2.22. The maximum atomic E-state index is 12.5. The lowest BCUT2D eigenvalue weighted by Crippen LogP contribution is -2.02. The Morgan fingerprint density at radius 1 is 1.20 bits per heavy atom. The Morgan fingerprint density at radius 3 is 2.56 bits per heavy atom. The van der Waals surface area contributed by atoms with Crippen molar-refractivity contribution in [1.29, 1.82) is 0 Å². The number of aliphatic hydroxyl groups excluding tert-OH is 1. The highest BCUT2D eigenvalue weighted by atomic mass is 35.5. The van der Waals surface area contributed by atoms with Gasteiger partial charge in [0.2, 0.25) is 21.4 Å². The highest BCUT2D eigenvalue weighted by Crippen LogP contribution is 2.22. The first-order valence-corrected chi connectivity index (χ1v) is 8.49. The molecule has 0 radical (unpaired) electrons. The summed E-state index contributed by atoms with van der Waals surface area (Å²) in [5, 5.41) is 28.3. The summed E-state index contributed by atoms with van der Waals surface area (Å²) in [6, 6.07) is 6.65. The van der Waals surface area contributed by atoms with Crippen molar-refractivity contribution in [3.8, 4) is 0 Å². The summed E-state index contributed by atoms with van der Waals surface area (Å²) < 4.78 is 25.0. The Labute approximate surface area is 145 Å². The molecule has 2 heterocycles. The number of aromatic amines is 2. The van der Waals surface area contributed by atoms with Crippen LogP contribution in [0.2, 0.25) is 5.02 Å². The Kier molecular flexibility index (Phi) is 4.33. The van der Waals surface area contributed by atoms with Crippen molar-refractivity contribution in [3.05, 3.63) is 52.9 Å². The predicted molar refractivity (Wildman–Crippen MR) is 84.6 cm³/mol. The van der Waals surface area contributed by atoms with Crippen LogP contribution < -0.4 is 0 Å². The molecule has 0 unspecified atom stereocenters. The zero-order chi connectivity index (χ0) is 18.0. The van der Waals surface area contributed by atoms with Gasteiger partial charge in [0.25, 0.3) is 0 Å². The molecule has 2 aromatic heterocycles. The third-order valence-corrected chi connectivity index (χ3v) is 5.00. The van der Waals surface area contributed by atoms with Gasteiger partial charge in [-0.15, -0.1) is 10.2 Å². The number of nitrogens with zero attached hydrogens (tertiary/aromatic N) is 4. The van der Waals surface area contributed by atoms with Gasteiger partial charge >= 0.3 is 0 Å². The van der Waals surface area contributed by atoms with Crippen LogP contribution in [-0.4, -0.2) is 50.1 Å². The van der Waals surface area contributed by atoms with Gasteiger partial charge in [0, 0.05) is 17.2 Å². The lowest BCUT2D eigenvalue weighted by Gasteiger charge is -2.01. The van der Waals surface area contributed by atoms with E-state index < -0.39 is 21.4 Å². The molecule has 0 saturated heterocycles. The third kappa shape index (κ3) is 3.41. The standard InChI is InChI=1S/C13H9ClN6O4S/c14-7-1-3-8(4-2-7)25(23,24)12-5-9(15-16-12)10(21)6-11(22)13-17-19-20-18-13/h1-6,21H,(H,15,16)(H,17,18,19,20). The van der Waals surface area contributed by atoms with E-state index in [-0.39, 0.29) is 21.4 Å². The van der Waals surface area contributed by atoms with Crippen LogP contribution in [0.15, 0.2) is 46.3 Å². The second-order valence-electron chi connectivity index (χ2n) is 4.70. The van der Waals surface area contributed by atoms with Gasteiger partial charge in [0.1, 0.15) is 11.5 Å². The van der Waals surface area contributed by atoms with Crippen LogP contribution in [0, 0.1) is 0 Å². The molecular formula is C13H9ClN6O4S. The van der Waals surface area contributed by atoms with Crippen LogP contribution in [0.3, 0.4) is 0 Å². The average molecular weight is 381 g/mol. The molecule has 128 valence electrons. The smallest absolute Gasteiger partial charge is 0.244 e. The Bertz CT molecular complexity index is 1040. The van der Waals surface area contributed by atoms with Crippen LogP contribution in [0.4, 0.5) is 0 Å². The van der Waals surface area contributed by atoms with E-state index in [4.69, 9.17) is 11.6 Å². The molecule has 0 aliphatic heterocycles. The molecule has 3 aromatic rings. The molecule has 0 saturated carbocycles. The van der Waals surface area contributed by atoms with Gasteiger partial charge in [-0.3, -0.25) is 9.89 Å². The number of allylic oxidation sites excluding steroid dienone is 1. The Balaban J connectivity index is 1.89. The molecule has 0 aliphatic carbocycles. The van der Waals surface area contributed by atoms with E-state index in [0.717, 1.165) is 12.1 Å². The molecule has 1 aromatic carbocycles. The Morgan fingerprint density at radius 2 is 1.92 bits per heavy atom. The summed E-state index contributed by atoms with van der Waals surface area (Å²) in [4.78, 5) is 11.8. The first-order valence-electron chi connectivity index (χ1n) is 6.63. The molecule has 10 nitrogen and oxygen atoms in total. The van der Waals surface area contributed by atoms with Gasteiger partial charge in [-0.25, -0.2) is 8.42 Å². The minimum atomic E-state index is -3.88. The van der Waals surface area contributed by atoms with Gasteiger partial charge in [-0.05, 0) is 29.5 Å². The van der Waals surface area contributed by atoms with Gasteiger partial charge in [-0.1, -0.05) is 11.6 Å². The van der Waals surface area contributed by atoms with Crippen molar-refractivity contribution in [1.82, 2.24) is 30.8 Å². The number of benzene rings is 1. The second kappa shape index (κ2) is 6.45. The molecule has 3 rings (SSSR count). The largest absolute Gasteiger partial charge is 0.505 e. The maximum Gasteiger partial charge on any atom is 0.244 e. The van der Waals surface area contributed by atoms with E-state index >= 15 is 0 Å². The van der Waals surface area contributed by atoms with E-state index in [2.05, 4.69) is 30.8 Å². The fourth-order valence-corrected chi connectivity index (χ4v) is 3.15. The first kappa shape index (κ1) is 16.8. The second-order valence-corrected chi connectivity index (χ2v) is 7.06. The predicted octanol–water partition coefficient (Wildman–Crippen LogP) is 1.19. The number of carbonyl (C=O) groups excluding carboxylic acids is 1. The van der Waals surface area contributed by atoms with Crippen molar-refractivity contribution >= 4 is 33.0 Å². The number of ketones is 1. The number of hydrogen-bond donors (Lipinski definition) is 3. The first-order chi connectivity index (χ1) is 11.9. The zero-order valence-electron chi connectivity index (χ0n) is 12.2. The fourth-order valence-electron chi connectivity index (χ4n) is 1.84. The van der Waals surface area contributed by atoms with Crippen molar-refractivity contribution < 1.29 is 18.3 Å². The number of nitrogens with one attached hydrogen (secondary N) is 2. The molecule has 0 amide bonds. The van der Waals surface area contributed by atoms with Crippen LogP contribution in [0.25, 0.3) is 5.76 Å². The molecule has 0 aliphatic rings. The van der Waals surface area contributed by atoms with Crippen molar-refractivity contribution in [2.75, 3.05) is 0 Å². The molecule has 0 fully saturated rings. The number of hydrogen-bond acceptors (Lipinski definition) is 8. The lowest BCUT2D eigenvalue weighted by atomic mass is 10.2. The van der Waals surface area contributed by atoms with Crippen LogP contribution in [0.1, 0.15) is 16.3 Å². The van der Waals surface area contributed by atoms with Crippen molar-refractivity contribution in [2.45, 2.75) is 9.92 Å². The number of carbonyl (C=O) groups is 1. The maximum absolute atomic E-state index is 12.5. The van der Waals surface area contributed by atoms with E-state index in [0.29, 0.717) is 5.02 Å². The number of aromatic nitrogens is 6. The summed E-state index contributed by atoms with van der Waals surface area (Å²) in [5.74, 6) is -1.53.